The highest BCUT2D eigenvalue weighted by Gasteiger charge is 2.42. The third kappa shape index (κ3) is 4.87. The van der Waals surface area contributed by atoms with Gasteiger partial charge in [-0.05, 0) is 97.6 Å². The van der Waals surface area contributed by atoms with Crippen molar-refractivity contribution in [2.75, 3.05) is 0 Å². The molecule has 0 fully saturated rings. The molecule has 1 aliphatic rings. The minimum absolute atomic E-state index is 0.104. The average molecular weight is 783 g/mol. The van der Waals surface area contributed by atoms with Crippen LogP contribution in [-0.2, 0) is 5.41 Å². The number of benzene rings is 9. The molecule has 2 heterocycles. The van der Waals surface area contributed by atoms with Gasteiger partial charge < -0.3 is 9.13 Å². The van der Waals surface area contributed by atoms with Crippen LogP contribution in [0.2, 0.25) is 0 Å². The number of nitrogens with zero attached hydrogens (tertiary/aromatic N) is 2. The van der Waals surface area contributed by atoms with E-state index in [4.69, 9.17) is 0 Å². The average Bonchev–Trinajstić information content (AvgIpc) is 3.89. The van der Waals surface area contributed by atoms with Gasteiger partial charge in [-0.15, -0.1) is 0 Å². The smallest absolute Gasteiger partial charge is 0.179 e. The Morgan fingerprint density at radius 3 is 1.52 bits per heavy atom. The fourth-order valence-electron chi connectivity index (χ4n) is 10.8. The molecule has 0 amide bonds. The Morgan fingerprint density at radius 2 is 0.817 bits per heavy atom. The van der Waals surface area contributed by atoms with E-state index in [0.717, 1.165) is 0 Å². The van der Waals surface area contributed by atoms with E-state index < -0.39 is 8.07 Å². The largest absolute Gasteiger partial charge is 0.309 e. The lowest BCUT2D eigenvalue weighted by Crippen LogP contribution is -2.74. The predicted octanol–water partition coefficient (Wildman–Crippen LogP) is 11.6. The molecule has 0 N–H and O–H groups in total. The minimum Gasteiger partial charge on any atom is -0.309 e. The van der Waals surface area contributed by atoms with Crippen LogP contribution in [0.4, 0.5) is 0 Å². The lowest BCUT2D eigenvalue weighted by Gasteiger charge is -2.35. The number of fused-ring (bicyclic) bond motifs is 9. The number of hydrogen-bond acceptors (Lipinski definition) is 0. The molecule has 2 nitrogen and oxygen atoms in total. The Balaban J connectivity index is 1.16. The highest BCUT2D eigenvalue weighted by molar-refractivity contribution is 7.20. The number of para-hydroxylation sites is 3. The van der Waals surface area contributed by atoms with Gasteiger partial charge in [0.1, 0.15) is 0 Å². The van der Waals surface area contributed by atoms with E-state index in [-0.39, 0.29) is 5.41 Å². The normalized spacial score (nSPS) is 13.3. The summed E-state index contributed by atoms with van der Waals surface area (Å²) in [6.07, 6.45) is 0. The molecule has 0 unspecified atom stereocenters. The molecule has 0 spiro atoms. The van der Waals surface area contributed by atoms with Crippen molar-refractivity contribution in [1.82, 2.24) is 9.13 Å². The van der Waals surface area contributed by atoms with Crippen molar-refractivity contribution in [1.29, 1.82) is 0 Å². The molecule has 0 atom stereocenters. The standard InChI is InChI=1S/C57H42N2Si/c1-57(2)51-30-15-12-27-45(51)49-37-50-47-29-14-17-32-54(47)59(56(50)38-52(49)57)40-21-18-26-43(35-40)60(41-22-8-4-9-23-41,42-24-10-5-11-25-42)44-33-34-48-46-28-13-16-31-53(46)58(55(48)36-44)39-19-6-3-7-20-39/h3-38H,1-2H3. The van der Waals surface area contributed by atoms with Crippen LogP contribution in [0.1, 0.15) is 25.0 Å². The first-order valence-corrected chi connectivity index (χ1v) is 23.0. The predicted molar refractivity (Wildman–Crippen MR) is 256 cm³/mol. The van der Waals surface area contributed by atoms with Crippen molar-refractivity contribution >= 4 is 72.4 Å². The quantitative estimate of drug-likeness (QED) is 0.117. The Morgan fingerprint density at radius 1 is 0.317 bits per heavy atom. The fourth-order valence-corrected chi connectivity index (χ4v) is 15.5. The fraction of sp³-hybridized carbons (Fsp3) is 0.0526. The summed E-state index contributed by atoms with van der Waals surface area (Å²) in [4.78, 5) is 0. The molecule has 0 saturated heterocycles. The summed E-state index contributed by atoms with van der Waals surface area (Å²) >= 11 is 0. The van der Waals surface area contributed by atoms with Crippen LogP contribution in [0.15, 0.2) is 218 Å². The Labute approximate surface area is 351 Å². The first-order chi connectivity index (χ1) is 29.5. The van der Waals surface area contributed by atoms with Gasteiger partial charge in [-0.3, -0.25) is 0 Å². The third-order valence-electron chi connectivity index (χ3n) is 13.4. The summed E-state index contributed by atoms with van der Waals surface area (Å²) in [7, 11) is -2.98. The maximum atomic E-state index is 2.53. The summed E-state index contributed by atoms with van der Waals surface area (Å²) in [6.45, 7) is 4.76. The van der Waals surface area contributed by atoms with E-state index in [9.17, 15) is 0 Å². The lowest BCUT2D eigenvalue weighted by molar-refractivity contribution is 0.661. The summed E-state index contributed by atoms with van der Waals surface area (Å²) in [5.74, 6) is 0. The van der Waals surface area contributed by atoms with Gasteiger partial charge in [0.15, 0.2) is 8.07 Å². The lowest BCUT2D eigenvalue weighted by atomic mass is 9.82. The second-order valence-electron chi connectivity index (χ2n) is 16.9. The van der Waals surface area contributed by atoms with Gasteiger partial charge in [-0.25, -0.2) is 0 Å². The van der Waals surface area contributed by atoms with Crippen LogP contribution < -0.4 is 20.7 Å². The van der Waals surface area contributed by atoms with Crippen molar-refractivity contribution in [2.24, 2.45) is 0 Å². The summed E-state index contributed by atoms with van der Waals surface area (Å²) in [6, 6.07) is 82.1. The molecule has 60 heavy (non-hydrogen) atoms. The van der Waals surface area contributed by atoms with Crippen molar-refractivity contribution in [2.45, 2.75) is 19.3 Å². The molecule has 11 aromatic rings. The van der Waals surface area contributed by atoms with E-state index in [1.54, 1.807) is 0 Å². The van der Waals surface area contributed by atoms with Crippen molar-refractivity contribution in [3.8, 4) is 22.5 Å². The first kappa shape index (κ1) is 34.8. The Kier molecular flexibility index (Phi) is 7.63. The molecule has 3 heteroatoms. The summed E-state index contributed by atoms with van der Waals surface area (Å²) < 4.78 is 4.98. The summed E-state index contributed by atoms with van der Waals surface area (Å²) in [5, 5.41) is 10.5. The Bertz CT molecular complexity index is 3410. The molecular formula is C57H42N2Si. The second kappa shape index (κ2) is 13.2. The molecule has 0 saturated carbocycles. The minimum atomic E-state index is -2.98. The molecule has 0 bridgehead atoms. The maximum Gasteiger partial charge on any atom is 0.179 e. The number of aromatic nitrogens is 2. The van der Waals surface area contributed by atoms with E-state index in [1.165, 1.54) is 98.0 Å². The van der Waals surface area contributed by atoms with Gasteiger partial charge in [-0.1, -0.05) is 178 Å². The molecule has 1 aliphatic carbocycles. The van der Waals surface area contributed by atoms with Crippen LogP contribution in [-0.4, -0.2) is 17.2 Å². The molecule has 9 aromatic carbocycles. The topological polar surface area (TPSA) is 9.86 Å². The van der Waals surface area contributed by atoms with Crippen LogP contribution in [0, 0.1) is 0 Å². The zero-order valence-electron chi connectivity index (χ0n) is 33.7. The molecular weight excluding hydrogens is 741 g/mol. The Hall–Kier alpha value is -7.20. The van der Waals surface area contributed by atoms with Gasteiger partial charge in [0, 0.05) is 38.3 Å². The van der Waals surface area contributed by atoms with Crippen molar-refractivity contribution < 1.29 is 0 Å². The van der Waals surface area contributed by atoms with E-state index in [1.807, 2.05) is 0 Å². The monoisotopic (exact) mass is 782 g/mol. The van der Waals surface area contributed by atoms with Gasteiger partial charge in [0.25, 0.3) is 0 Å². The highest BCUT2D eigenvalue weighted by atomic mass is 28.3. The highest BCUT2D eigenvalue weighted by Crippen LogP contribution is 2.51. The van der Waals surface area contributed by atoms with Crippen molar-refractivity contribution in [3.05, 3.63) is 230 Å². The zero-order valence-corrected chi connectivity index (χ0v) is 34.7. The van der Waals surface area contributed by atoms with Crippen molar-refractivity contribution in [3.63, 3.8) is 0 Å². The molecule has 0 aliphatic heterocycles. The van der Waals surface area contributed by atoms with E-state index >= 15 is 0 Å². The summed E-state index contributed by atoms with van der Waals surface area (Å²) in [5.41, 5.74) is 12.6. The molecule has 0 radical (unpaired) electrons. The second-order valence-corrected chi connectivity index (χ2v) is 20.7. The van der Waals surface area contributed by atoms with E-state index in [2.05, 4.69) is 241 Å². The molecule has 284 valence electrons. The third-order valence-corrected chi connectivity index (χ3v) is 18.2. The van der Waals surface area contributed by atoms with Gasteiger partial charge in [-0.2, -0.15) is 0 Å². The van der Waals surface area contributed by atoms with Gasteiger partial charge in [0.2, 0.25) is 0 Å². The first-order valence-electron chi connectivity index (χ1n) is 21.0. The number of rotatable bonds is 6. The van der Waals surface area contributed by atoms with Crippen LogP contribution in [0.5, 0.6) is 0 Å². The SMILES string of the molecule is CC1(C)c2ccccc2-c2cc3c4ccccc4n(-c4cccc([Si](c5ccccc5)(c5ccccc5)c5ccc6c7ccccc7n(-c7ccccc7)c6c5)c4)c3cc21. The maximum absolute atomic E-state index is 2.98. The van der Waals surface area contributed by atoms with Crippen LogP contribution in [0.3, 0.4) is 0 Å². The van der Waals surface area contributed by atoms with Gasteiger partial charge in [0.05, 0.1) is 22.1 Å². The van der Waals surface area contributed by atoms with Crippen LogP contribution in [0.25, 0.3) is 66.1 Å². The van der Waals surface area contributed by atoms with Crippen LogP contribution >= 0.6 is 0 Å². The van der Waals surface area contributed by atoms with E-state index in [0.29, 0.717) is 0 Å². The molecule has 12 rings (SSSR count). The zero-order chi connectivity index (χ0) is 40.0. The van der Waals surface area contributed by atoms with Gasteiger partial charge >= 0.3 is 0 Å². The molecule has 2 aromatic heterocycles. The number of hydrogen-bond donors (Lipinski definition) is 0.